The summed E-state index contributed by atoms with van der Waals surface area (Å²) in [7, 11) is 0. The molecule has 0 unspecified atom stereocenters. The molecule has 0 amide bonds. The van der Waals surface area contributed by atoms with Gasteiger partial charge in [0.25, 0.3) is 0 Å². The van der Waals surface area contributed by atoms with E-state index in [9.17, 15) is 4.79 Å². The fraction of sp³-hybridized carbons (Fsp3) is 0.400. The molecule has 0 spiro atoms. The summed E-state index contributed by atoms with van der Waals surface area (Å²) in [5, 5.41) is 3.35. The summed E-state index contributed by atoms with van der Waals surface area (Å²) in [5.41, 5.74) is 1.27. The molecule has 4 heteroatoms. The molecule has 0 atom stereocenters. The van der Waals surface area contributed by atoms with Gasteiger partial charge in [-0.3, -0.25) is 9.13 Å². The summed E-state index contributed by atoms with van der Waals surface area (Å²) in [6.45, 7) is 1.66. The molecule has 4 nitrogen and oxygen atoms in total. The van der Waals surface area contributed by atoms with Crippen molar-refractivity contribution < 1.29 is 0 Å². The smallest absolute Gasteiger partial charge is 0.328 e. The van der Waals surface area contributed by atoms with Gasteiger partial charge in [0.2, 0.25) is 0 Å². The van der Waals surface area contributed by atoms with Crippen LogP contribution in [0.4, 0.5) is 5.69 Å². The van der Waals surface area contributed by atoms with E-state index < -0.39 is 0 Å². The molecule has 0 saturated heterocycles. The Morgan fingerprint density at radius 2 is 1.95 bits per heavy atom. The first-order valence-corrected chi connectivity index (χ1v) is 6.91. The zero-order valence-corrected chi connectivity index (χ0v) is 11.0. The van der Waals surface area contributed by atoms with Gasteiger partial charge in [-0.1, -0.05) is 18.2 Å². The average molecular weight is 257 g/mol. The highest BCUT2D eigenvalue weighted by molar-refractivity contribution is 5.42. The van der Waals surface area contributed by atoms with E-state index >= 15 is 0 Å². The van der Waals surface area contributed by atoms with E-state index in [2.05, 4.69) is 17.4 Å². The Balaban J connectivity index is 1.49. The quantitative estimate of drug-likeness (QED) is 0.807. The Kier molecular flexibility index (Phi) is 3.40. The lowest BCUT2D eigenvalue weighted by atomic mass is 10.3. The zero-order chi connectivity index (χ0) is 13.1. The number of para-hydroxylation sites is 1. The van der Waals surface area contributed by atoms with Crippen LogP contribution in [0.5, 0.6) is 0 Å². The molecule has 0 aliphatic heterocycles. The minimum atomic E-state index is 0.141. The largest absolute Gasteiger partial charge is 0.385 e. The van der Waals surface area contributed by atoms with Crippen LogP contribution in [0.15, 0.2) is 47.5 Å². The van der Waals surface area contributed by atoms with Crippen LogP contribution in [0.3, 0.4) is 0 Å². The predicted molar refractivity (Wildman–Crippen MR) is 76.5 cm³/mol. The van der Waals surface area contributed by atoms with Gasteiger partial charge in [-0.25, -0.2) is 4.79 Å². The van der Waals surface area contributed by atoms with Gasteiger partial charge in [-0.05, 0) is 31.4 Å². The predicted octanol–water partition coefficient (Wildman–Crippen LogP) is 2.49. The van der Waals surface area contributed by atoms with Crippen molar-refractivity contribution in [3.8, 4) is 0 Å². The second-order valence-electron chi connectivity index (χ2n) is 5.06. The van der Waals surface area contributed by atoms with Crippen molar-refractivity contribution in [1.82, 2.24) is 9.13 Å². The molecule has 1 aliphatic rings. The molecule has 0 radical (unpaired) electrons. The Morgan fingerprint density at radius 3 is 2.68 bits per heavy atom. The van der Waals surface area contributed by atoms with Crippen molar-refractivity contribution in [2.24, 2.45) is 0 Å². The summed E-state index contributed by atoms with van der Waals surface area (Å²) >= 11 is 0. The van der Waals surface area contributed by atoms with Crippen LogP contribution in [-0.2, 0) is 6.54 Å². The van der Waals surface area contributed by atoms with Gasteiger partial charge in [0.1, 0.15) is 0 Å². The molecule has 1 saturated carbocycles. The van der Waals surface area contributed by atoms with E-state index in [1.807, 2.05) is 39.7 Å². The van der Waals surface area contributed by atoms with E-state index in [4.69, 9.17) is 0 Å². The van der Waals surface area contributed by atoms with E-state index in [-0.39, 0.29) is 5.69 Å². The van der Waals surface area contributed by atoms with Crippen molar-refractivity contribution in [1.29, 1.82) is 0 Å². The highest BCUT2D eigenvalue weighted by Crippen LogP contribution is 2.33. The van der Waals surface area contributed by atoms with Crippen LogP contribution in [0.2, 0.25) is 0 Å². The summed E-state index contributed by atoms with van der Waals surface area (Å²) in [4.78, 5) is 12.0. The third kappa shape index (κ3) is 2.89. The summed E-state index contributed by atoms with van der Waals surface area (Å²) in [6.07, 6.45) is 7.08. The second-order valence-corrected chi connectivity index (χ2v) is 5.06. The first-order valence-electron chi connectivity index (χ1n) is 6.91. The fourth-order valence-electron chi connectivity index (χ4n) is 2.27. The first kappa shape index (κ1) is 12.1. The number of nitrogens with one attached hydrogen (secondary N) is 1. The number of anilines is 1. The minimum absolute atomic E-state index is 0.141. The van der Waals surface area contributed by atoms with Gasteiger partial charge in [0, 0.05) is 37.2 Å². The fourth-order valence-corrected chi connectivity index (χ4v) is 2.27. The highest BCUT2D eigenvalue weighted by Gasteiger charge is 2.25. The molecule has 1 fully saturated rings. The number of hydrogen-bond acceptors (Lipinski definition) is 2. The number of aromatic nitrogens is 2. The lowest BCUT2D eigenvalue weighted by molar-refractivity contribution is 0.602. The van der Waals surface area contributed by atoms with Crippen molar-refractivity contribution in [3.05, 3.63) is 53.2 Å². The Bertz CT molecular complexity index is 581. The molecule has 3 rings (SSSR count). The third-order valence-corrected chi connectivity index (χ3v) is 3.49. The van der Waals surface area contributed by atoms with Crippen molar-refractivity contribution >= 4 is 5.69 Å². The Hall–Kier alpha value is -1.97. The maximum atomic E-state index is 12.0. The number of rotatable bonds is 6. The topological polar surface area (TPSA) is 39.0 Å². The van der Waals surface area contributed by atoms with Crippen LogP contribution in [-0.4, -0.2) is 15.7 Å². The SMILES string of the molecule is O=c1n(CCCNc2ccccc2)ccn1C1CC1. The molecule has 2 aromatic rings. The molecule has 19 heavy (non-hydrogen) atoms. The van der Waals surface area contributed by atoms with E-state index in [1.54, 1.807) is 0 Å². The van der Waals surface area contributed by atoms with Crippen LogP contribution in [0.25, 0.3) is 0 Å². The average Bonchev–Trinajstić information content (AvgIpc) is 3.21. The molecule has 1 N–H and O–H groups in total. The van der Waals surface area contributed by atoms with Crippen LogP contribution in [0.1, 0.15) is 25.3 Å². The van der Waals surface area contributed by atoms with Gasteiger partial charge in [-0.2, -0.15) is 0 Å². The molecular formula is C15H19N3O. The second kappa shape index (κ2) is 5.34. The lowest BCUT2D eigenvalue weighted by Crippen LogP contribution is -2.24. The van der Waals surface area contributed by atoms with Crippen molar-refractivity contribution in [2.75, 3.05) is 11.9 Å². The van der Waals surface area contributed by atoms with E-state index in [1.165, 1.54) is 0 Å². The monoisotopic (exact) mass is 257 g/mol. The summed E-state index contributed by atoms with van der Waals surface area (Å²) in [5.74, 6) is 0. The number of benzene rings is 1. The molecular weight excluding hydrogens is 238 g/mol. The van der Waals surface area contributed by atoms with Crippen LogP contribution in [0, 0.1) is 0 Å². The first-order chi connectivity index (χ1) is 9.34. The van der Waals surface area contributed by atoms with Crippen LogP contribution >= 0.6 is 0 Å². The van der Waals surface area contributed by atoms with E-state index in [0.717, 1.165) is 38.0 Å². The summed E-state index contributed by atoms with van der Waals surface area (Å²) < 4.78 is 3.68. The van der Waals surface area contributed by atoms with Crippen LogP contribution < -0.4 is 11.0 Å². The van der Waals surface area contributed by atoms with Gasteiger partial charge in [0.05, 0.1) is 0 Å². The lowest BCUT2D eigenvalue weighted by Gasteiger charge is -2.06. The van der Waals surface area contributed by atoms with E-state index in [0.29, 0.717) is 6.04 Å². The molecule has 1 aromatic carbocycles. The number of aryl methyl sites for hydroxylation is 1. The Morgan fingerprint density at radius 1 is 1.16 bits per heavy atom. The normalized spacial score (nSPS) is 14.5. The van der Waals surface area contributed by atoms with Gasteiger partial charge in [-0.15, -0.1) is 0 Å². The third-order valence-electron chi connectivity index (χ3n) is 3.49. The Labute approximate surface area is 112 Å². The molecule has 100 valence electrons. The molecule has 1 aliphatic carbocycles. The molecule has 0 bridgehead atoms. The standard InChI is InChI=1S/C15H19N3O/c19-15-17(11-12-18(15)14-7-8-14)10-4-9-16-13-5-2-1-3-6-13/h1-3,5-6,11-12,14,16H,4,7-10H2. The number of hydrogen-bond donors (Lipinski definition) is 1. The maximum Gasteiger partial charge on any atom is 0.328 e. The molecule has 1 heterocycles. The van der Waals surface area contributed by atoms with Gasteiger partial charge in [0.15, 0.2) is 0 Å². The summed E-state index contributed by atoms with van der Waals surface area (Å²) in [6, 6.07) is 10.6. The highest BCUT2D eigenvalue weighted by atomic mass is 16.1. The number of imidazole rings is 1. The number of nitrogens with zero attached hydrogens (tertiary/aromatic N) is 2. The minimum Gasteiger partial charge on any atom is -0.385 e. The van der Waals surface area contributed by atoms with Gasteiger partial charge < -0.3 is 5.32 Å². The van der Waals surface area contributed by atoms with Crippen molar-refractivity contribution in [2.45, 2.75) is 31.8 Å². The van der Waals surface area contributed by atoms with Crippen molar-refractivity contribution in [3.63, 3.8) is 0 Å². The van der Waals surface area contributed by atoms with Gasteiger partial charge >= 0.3 is 5.69 Å². The maximum absolute atomic E-state index is 12.0. The zero-order valence-electron chi connectivity index (χ0n) is 11.0. The molecule has 1 aromatic heterocycles.